The highest BCUT2D eigenvalue weighted by Gasteiger charge is 2.22. The Morgan fingerprint density at radius 1 is 0.903 bits per heavy atom. The molecule has 3 rings (SSSR count). The molecule has 0 aromatic heterocycles. The Bertz CT molecular complexity index is 817. The Kier molecular flexibility index (Phi) is 11.5. The minimum Gasteiger partial charge on any atom is -0.493 e. The molecule has 1 atom stereocenters. The smallest absolute Gasteiger partial charge is 0.161 e. The molecule has 3 N–H and O–H groups in total. The van der Waals surface area contributed by atoms with E-state index in [0.29, 0.717) is 0 Å². The highest BCUT2D eigenvalue weighted by molar-refractivity contribution is 5.85. The molecule has 1 aliphatic rings. The molecule has 2 aromatic rings. The van der Waals surface area contributed by atoms with E-state index in [1.807, 2.05) is 12.1 Å². The van der Waals surface area contributed by atoms with Crippen molar-refractivity contribution in [1.29, 1.82) is 0 Å². The average molecular weight is 456 g/mol. The third-order valence-corrected chi connectivity index (χ3v) is 5.27. The Balaban J connectivity index is 0.00000240. The van der Waals surface area contributed by atoms with Gasteiger partial charge in [-0.2, -0.15) is 0 Å². The zero-order chi connectivity index (χ0) is 20.6. The van der Waals surface area contributed by atoms with Crippen LogP contribution in [-0.2, 0) is 17.6 Å². The minimum absolute atomic E-state index is 0. The molecule has 1 heterocycles. The fourth-order valence-electron chi connectivity index (χ4n) is 3.70. The van der Waals surface area contributed by atoms with Crippen molar-refractivity contribution in [2.24, 2.45) is 0 Å². The predicted octanol–water partition coefficient (Wildman–Crippen LogP) is 3.15. The lowest BCUT2D eigenvalue weighted by molar-refractivity contribution is 0.0565. The van der Waals surface area contributed by atoms with E-state index in [2.05, 4.69) is 23.5 Å². The molecule has 31 heavy (non-hydrogen) atoms. The number of hydrogen-bond acceptors (Lipinski definition) is 6. The SMILES string of the molecule is COc1ccc(CCNCC2OCCCc3cc(OC)c(OC)cc32)cc1OC.Cl.O. The first kappa shape index (κ1) is 26.8. The van der Waals surface area contributed by atoms with Gasteiger partial charge >= 0.3 is 0 Å². The molecular weight excluding hydrogens is 422 g/mol. The van der Waals surface area contributed by atoms with Crippen LogP contribution < -0.4 is 24.3 Å². The van der Waals surface area contributed by atoms with Crippen LogP contribution >= 0.6 is 12.4 Å². The Labute approximate surface area is 190 Å². The van der Waals surface area contributed by atoms with Crippen LogP contribution in [0.2, 0.25) is 0 Å². The van der Waals surface area contributed by atoms with Gasteiger partial charge in [0.05, 0.1) is 34.5 Å². The zero-order valence-corrected chi connectivity index (χ0v) is 19.5. The molecule has 0 spiro atoms. The maximum absolute atomic E-state index is 6.13. The van der Waals surface area contributed by atoms with E-state index in [1.165, 1.54) is 16.7 Å². The monoisotopic (exact) mass is 455 g/mol. The summed E-state index contributed by atoms with van der Waals surface area (Å²) in [6, 6.07) is 10.2. The van der Waals surface area contributed by atoms with Gasteiger partial charge in [-0.1, -0.05) is 6.07 Å². The number of aryl methyl sites for hydroxylation is 1. The van der Waals surface area contributed by atoms with E-state index < -0.39 is 0 Å². The van der Waals surface area contributed by atoms with Gasteiger partial charge in [0.25, 0.3) is 0 Å². The van der Waals surface area contributed by atoms with Crippen LogP contribution in [0.4, 0.5) is 0 Å². The standard InChI is InChI=1S/C23H31NO5.ClH.H2O/c1-25-19-8-7-16(12-20(19)26-2)9-10-24-15-23-18-14-22(28-4)21(27-3)13-17(18)6-5-11-29-23;;/h7-8,12-14,23-24H,5-6,9-11,15H2,1-4H3;1H;1H2. The Morgan fingerprint density at radius 2 is 1.55 bits per heavy atom. The zero-order valence-electron chi connectivity index (χ0n) is 18.7. The molecule has 1 unspecified atom stereocenters. The second kappa shape index (κ2) is 13.3. The molecule has 0 amide bonds. The van der Waals surface area contributed by atoms with Gasteiger partial charge < -0.3 is 34.5 Å². The van der Waals surface area contributed by atoms with Crippen LogP contribution in [0.15, 0.2) is 30.3 Å². The van der Waals surface area contributed by atoms with Gasteiger partial charge in [-0.05, 0) is 66.8 Å². The molecule has 2 aromatic carbocycles. The average Bonchev–Trinajstić information content (AvgIpc) is 2.96. The van der Waals surface area contributed by atoms with E-state index in [9.17, 15) is 0 Å². The maximum Gasteiger partial charge on any atom is 0.161 e. The first-order valence-electron chi connectivity index (χ1n) is 9.98. The number of rotatable bonds is 9. The molecule has 1 aliphatic heterocycles. The summed E-state index contributed by atoms with van der Waals surface area (Å²) in [5.74, 6) is 3.02. The summed E-state index contributed by atoms with van der Waals surface area (Å²) in [6.07, 6.45) is 2.88. The van der Waals surface area contributed by atoms with E-state index in [4.69, 9.17) is 23.7 Å². The van der Waals surface area contributed by atoms with Gasteiger partial charge in [0.1, 0.15) is 0 Å². The van der Waals surface area contributed by atoms with E-state index in [1.54, 1.807) is 28.4 Å². The predicted molar refractivity (Wildman–Crippen MR) is 124 cm³/mol. The topological polar surface area (TPSA) is 89.7 Å². The lowest BCUT2D eigenvalue weighted by Crippen LogP contribution is -2.25. The summed E-state index contributed by atoms with van der Waals surface area (Å²) in [6.45, 7) is 2.34. The van der Waals surface area contributed by atoms with E-state index in [-0.39, 0.29) is 24.0 Å². The van der Waals surface area contributed by atoms with Crippen molar-refractivity contribution < 1.29 is 29.2 Å². The first-order chi connectivity index (χ1) is 14.2. The molecule has 0 fully saturated rings. The molecule has 174 valence electrons. The van der Waals surface area contributed by atoms with Crippen LogP contribution in [0.25, 0.3) is 0 Å². The summed E-state index contributed by atoms with van der Waals surface area (Å²) in [5, 5.41) is 3.54. The maximum atomic E-state index is 6.13. The van der Waals surface area contributed by atoms with Gasteiger partial charge in [0.15, 0.2) is 23.0 Å². The second-order valence-electron chi connectivity index (χ2n) is 7.01. The number of benzene rings is 2. The molecule has 0 bridgehead atoms. The van der Waals surface area contributed by atoms with Crippen molar-refractivity contribution in [3.63, 3.8) is 0 Å². The number of fused-ring (bicyclic) bond motifs is 1. The fraction of sp³-hybridized carbons (Fsp3) is 0.478. The first-order valence-corrected chi connectivity index (χ1v) is 9.98. The minimum atomic E-state index is -0.00212. The van der Waals surface area contributed by atoms with Crippen LogP contribution in [0.3, 0.4) is 0 Å². The van der Waals surface area contributed by atoms with E-state index in [0.717, 1.165) is 62.0 Å². The lowest BCUT2D eigenvalue weighted by Gasteiger charge is -2.20. The molecule has 0 saturated heterocycles. The van der Waals surface area contributed by atoms with Crippen LogP contribution in [0, 0.1) is 0 Å². The van der Waals surface area contributed by atoms with Gasteiger partial charge in [0.2, 0.25) is 0 Å². The number of methoxy groups -OCH3 is 4. The lowest BCUT2D eigenvalue weighted by atomic mass is 9.98. The van der Waals surface area contributed by atoms with Crippen molar-refractivity contribution in [1.82, 2.24) is 5.32 Å². The van der Waals surface area contributed by atoms with Gasteiger partial charge in [-0.25, -0.2) is 0 Å². The highest BCUT2D eigenvalue weighted by atomic mass is 35.5. The molecule has 0 saturated carbocycles. The van der Waals surface area contributed by atoms with Gasteiger partial charge in [0, 0.05) is 13.2 Å². The Hall–Kier alpha value is -2.19. The molecule has 0 radical (unpaired) electrons. The normalized spacial score (nSPS) is 14.9. The third-order valence-electron chi connectivity index (χ3n) is 5.27. The molecule has 7 nitrogen and oxygen atoms in total. The summed E-state index contributed by atoms with van der Waals surface area (Å²) in [5.41, 5.74) is 3.65. The van der Waals surface area contributed by atoms with Crippen molar-refractivity contribution in [3.05, 3.63) is 47.0 Å². The van der Waals surface area contributed by atoms with Crippen LogP contribution in [0.1, 0.15) is 29.2 Å². The fourth-order valence-corrected chi connectivity index (χ4v) is 3.70. The second-order valence-corrected chi connectivity index (χ2v) is 7.01. The largest absolute Gasteiger partial charge is 0.493 e. The number of hydrogen-bond donors (Lipinski definition) is 1. The van der Waals surface area contributed by atoms with Crippen LogP contribution in [-0.4, -0.2) is 53.6 Å². The summed E-state index contributed by atoms with van der Waals surface area (Å²) < 4.78 is 27.8. The van der Waals surface area contributed by atoms with Gasteiger partial charge in [-0.3, -0.25) is 0 Å². The van der Waals surface area contributed by atoms with Crippen molar-refractivity contribution >= 4 is 12.4 Å². The quantitative estimate of drug-likeness (QED) is 0.584. The molecule has 8 heteroatoms. The summed E-state index contributed by atoms with van der Waals surface area (Å²) >= 11 is 0. The molecular formula is C23H34ClNO6. The number of nitrogens with one attached hydrogen (secondary N) is 1. The third kappa shape index (κ3) is 6.64. The van der Waals surface area contributed by atoms with Crippen molar-refractivity contribution in [3.8, 4) is 23.0 Å². The summed E-state index contributed by atoms with van der Waals surface area (Å²) in [7, 11) is 6.64. The number of ether oxygens (including phenoxy) is 5. The highest BCUT2D eigenvalue weighted by Crippen LogP contribution is 2.36. The number of halogens is 1. The van der Waals surface area contributed by atoms with Crippen LogP contribution in [0.5, 0.6) is 23.0 Å². The van der Waals surface area contributed by atoms with E-state index >= 15 is 0 Å². The van der Waals surface area contributed by atoms with Crippen molar-refractivity contribution in [2.75, 3.05) is 48.1 Å². The summed E-state index contributed by atoms with van der Waals surface area (Å²) in [4.78, 5) is 0. The van der Waals surface area contributed by atoms with Gasteiger partial charge in [-0.15, -0.1) is 12.4 Å². The Morgan fingerprint density at radius 3 is 2.23 bits per heavy atom. The van der Waals surface area contributed by atoms with Crippen molar-refractivity contribution in [2.45, 2.75) is 25.4 Å². The molecule has 0 aliphatic carbocycles.